The van der Waals surface area contributed by atoms with Crippen molar-refractivity contribution in [1.29, 1.82) is 0 Å². The van der Waals surface area contributed by atoms with Crippen molar-refractivity contribution in [3.05, 3.63) is 0 Å². The Hall–Kier alpha value is 0.0600. The predicted octanol–water partition coefficient (Wildman–Crippen LogP) is 1.40. The molecular weight excluding hydrogens is 99.0 g/mol. The molecule has 0 spiro atoms. The Bertz CT molecular complexity index is 46.8. The van der Waals surface area contributed by atoms with Gasteiger partial charge in [0.05, 0.1) is 7.11 Å². The van der Waals surface area contributed by atoms with Crippen LogP contribution in [0.15, 0.2) is 0 Å². The Balaban J connectivity index is 2.99. The summed E-state index contributed by atoms with van der Waals surface area (Å²) in [5, 5.41) is 0. The van der Waals surface area contributed by atoms with Gasteiger partial charge in [-0.3, -0.25) is 0 Å². The summed E-state index contributed by atoms with van der Waals surface area (Å²) in [6, 6.07) is 0. The molecule has 0 saturated carbocycles. The zero-order valence-corrected chi connectivity index (χ0v) is 4.87. The highest BCUT2D eigenvalue weighted by Gasteiger charge is 2.06. The zero-order chi connectivity index (χ0) is 4.99. The highest BCUT2D eigenvalue weighted by atomic mass is 31.1. The van der Waals surface area contributed by atoms with E-state index < -0.39 is 8.03 Å². The van der Waals surface area contributed by atoms with Crippen LogP contribution in [0.5, 0.6) is 0 Å². The molecule has 0 N–H and O–H groups in total. The van der Waals surface area contributed by atoms with Gasteiger partial charge in [0.25, 0.3) is 0 Å². The number of hydrogen-bond donors (Lipinski definition) is 0. The lowest BCUT2D eigenvalue weighted by atomic mass is 11.0. The summed E-state index contributed by atoms with van der Waals surface area (Å²) in [6.45, 7) is 1.82. The third-order valence-corrected chi connectivity index (χ3v) is 1.39. The van der Waals surface area contributed by atoms with Crippen LogP contribution in [0.25, 0.3) is 0 Å². The standard InChI is InChI=1S/C3H8O2P/c1-3-6(4)5-2/h3H2,1-2H3/q+1. The van der Waals surface area contributed by atoms with Gasteiger partial charge in [0, 0.05) is 0 Å². The van der Waals surface area contributed by atoms with Crippen LogP contribution in [0.2, 0.25) is 0 Å². The Labute approximate surface area is 38.4 Å². The van der Waals surface area contributed by atoms with E-state index >= 15 is 0 Å². The van der Waals surface area contributed by atoms with Crippen molar-refractivity contribution in [2.75, 3.05) is 13.3 Å². The molecule has 0 aromatic rings. The van der Waals surface area contributed by atoms with Gasteiger partial charge in [-0.2, -0.15) is 0 Å². The summed E-state index contributed by atoms with van der Waals surface area (Å²) < 4.78 is 14.5. The van der Waals surface area contributed by atoms with Crippen molar-refractivity contribution >= 4 is 8.03 Å². The van der Waals surface area contributed by atoms with Gasteiger partial charge >= 0.3 is 8.03 Å². The Morgan fingerprint density at radius 1 is 1.83 bits per heavy atom. The van der Waals surface area contributed by atoms with Crippen LogP contribution < -0.4 is 0 Å². The minimum absolute atomic E-state index is 0.617. The lowest BCUT2D eigenvalue weighted by molar-refractivity contribution is 0.416. The van der Waals surface area contributed by atoms with E-state index in [4.69, 9.17) is 0 Å². The summed E-state index contributed by atoms with van der Waals surface area (Å²) >= 11 is 0. The number of rotatable bonds is 2. The van der Waals surface area contributed by atoms with E-state index in [9.17, 15) is 4.57 Å². The van der Waals surface area contributed by atoms with E-state index in [1.165, 1.54) is 7.11 Å². The predicted molar refractivity (Wildman–Crippen MR) is 25.2 cm³/mol. The second-order valence-corrected chi connectivity index (χ2v) is 2.49. The molecule has 3 heteroatoms. The molecule has 0 heterocycles. The average molecular weight is 107 g/mol. The molecule has 0 aromatic heterocycles. The molecule has 0 aromatic carbocycles. The van der Waals surface area contributed by atoms with E-state index in [0.29, 0.717) is 6.16 Å². The van der Waals surface area contributed by atoms with E-state index in [-0.39, 0.29) is 0 Å². The van der Waals surface area contributed by atoms with Crippen molar-refractivity contribution in [2.24, 2.45) is 0 Å². The van der Waals surface area contributed by atoms with E-state index in [1.54, 1.807) is 0 Å². The monoisotopic (exact) mass is 107 g/mol. The average Bonchev–Trinajstić information content (AvgIpc) is 1.65. The van der Waals surface area contributed by atoms with Crippen LogP contribution in [-0.2, 0) is 9.09 Å². The van der Waals surface area contributed by atoms with Crippen molar-refractivity contribution in [1.82, 2.24) is 0 Å². The van der Waals surface area contributed by atoms with E-state index in [1.807, 2.05) is 6.92 Å². The van der Waals surface area contributed by atoms with Gasteiger partial charge in [-0.1, -0.05) is 0 Å². The summed E-state index contributed by atoms with van der Waals surface area (Å²) in [4.78, 5) is 0. The van der Waals surface area contributed by atoms with E-state index in [0.717, 1.165) is 0 Å². The maximum Gasteiger partial charge on any atom is 0.507 e. The summed E-state index contributed by atoms with van der Waals surface area (Å²) in [5.41, 5.74) is 0. The highest BCUT2D eigenvalue weighted by molar-refractivity contribution is 7.39. The minimum Gasteiger partial charge on any atom is -0.150 e. The molecule has 0 radical (unpaired) electrons. The molecular formula is C3H8O2P+. The SMILES string of the molecule is CC[P+](=O)OC. The highest BCUT2D eigenvalue weighted by Crippen LogP contribution is 2.17. The molecule has 0 rings (SSSR count). The van der Waals surface area contributed by atoms with Crippen LogP contribution in [0.4, 0.5) is 0 Å². The third kappa shape index (κ3) is 2.31. The van der Waals surface area contributed by atoms with E-state index in [2.05, 4.69) is 4.52 Å². The molecule has 0 aliphatic heterocycles. The van der Waals surface area contributed by atoms with Crippen LogP contribution in [-0.4, -0.2) is 13.3 Å². The van der Waals surface area contributed by atoms with Crippen molar-refractivity contribution < 1.29 is 9.09 Å². The van der Waals surface area contributed by atoms with Gasteiger partial charge in [0.2, 0.25) is 0 Å². The van der Waals surface area contributed by atoms with Gasteiger partial charge in [-0.15, -0.1) is 4.52 Å². The largest absolute Gasteiger partial charge is 0.507 e. The summed E-state index contributed by atoms with van der Waals surface area (Å²) in [7, 11) is 0.120. The quantitative estimate of drug-likeness (QED) is 0.498. The first-order valence-corrected chi connectivity index (χ1v) is 3.16. The normalized spacial score (nSPS) is 11.3. The number of hydrogen-bond acceptors (Lipinski definition) is 2. The van der Waals surface area contributed by atoms with Gasteiger partial charge in [-0.25, -0.2) is 0 Å². The first kappa shape index (κ1) is 6.06. The fourth-order valence-electron chi connectivity index (χ4n) is 0.129. The van der Waals surface area contributed by atoms with Crippen LogP contribution in [0, 0.1) is 0 Å². The second-order valence-electron chi connectivity index (χ2n) is 0.832. The van der Waals surface area contributed by atoms with Crippen LogP contribution in [0.1, 0.15) is 6.92 Å². The molecule has 0 fully saturated rings. The first-order chi connectivity index (χ1) is 2.81. The molecule has 0 aliphatic rings. The van der Waals surface area contributed by atoms with Crippen molar-refractivity contribution in [2.45, 2.75) is 6.92 Å². The molecule has 2 nitrogen and oxygen atoms in total. The Morgan fingerprint density at radius 3 is 2.33 bits per heavy atom. The molecule has 36 valence electrons. The molecule has 1 atom stereocenters. The van der Waals surface area contributed by atoms with Gasteiger partial charge in [0.15, 0.2) is 6.16 Å². The molecule has 0 amide bonds. The fraction of sp³-hybridized carbons (Fsp3) is 1.00. The van der Waals surface area contributed by atoms with Gasteiger partial charge in [-0.05, 0) is 11.5 Å². The minimum atomic E-state index is -1.33. The topological polar surface area (TPSA) is 26.3 Å². The fourth-order valence-corrected chi connectivity index (χ4v) is 0.387. The maximum absolute atomic E-state index is 10.1. The van der Waals surface area contributed by atoms with Crippen molar-refractivity contribution in [3.63, 3.8) is 0 Å². The van der Waals surface area contributed by atoms with Gasteiger partial charge in [0.1, 0.15) is 0 Å². The zero-order valence-electron chi connectivity index (χ0n) is 3.97. The maximum atomic E-state index is 10.1. The lowest BCUT2D eigenvalue weighted by Crippen LogP contribution is -1.66. The summed E-state index contributed by atoms with van der Waals surface area (Å²) in [5.74, 6) is 0. The Kier molecular flexibility index (Phi) is 3.29. The first-order valence-electron chi connectivity index (χ1n) is 1.80. The third-order valence-electron chi connectivity index (χ3n) is 0.462. The smallest absolute Gasteiger partial charge is 0.150 e. The van der Waals surface area contributed by atoms with Crippen molar-refractivity contribution in [3.8, 4) is 0 Å². The molecule has 0 bridgehead atoms. The van der Waals surface area contributed by atoms with Gasteiger partial charge < -0.3 is 0 Å². The second kappa shape index (κ2) is 3.26. The molecule has 0 aliphatic carbocycles. The molecule has 1 unspecified atom stereocenters. The van der Waals surface area contributed by atoms with Crippen LogP contribution >= 0.6 is 8.03 Å². The molecule has 6 heavy (non-hydrogen) atoms. The lowest BCUT2D eigenvalue weighted by Gasteiger charge is -1.66. The molecule has 0 saturated heterocycles. The van der Waals surface area contributed by atoms with Crippen LogP contribution in [0.3, 0.4) is 0 Å². The Morgan fingerprint density at radius 2 is 2.33 bits per heavy atom. The summed E-state index contributed by atoms with van der Waals surface area (Å²) in [6.07, 6.45) is 0.617.